The van der Waals surface area contributed by atoms with Crippen molar-refractivity contribution in [1.82, 2.24) is 24.4 Å². The summed E-state index contributed by atoms with van der Waals surface area (Å²) in [4.78, 5) is 26.7. The summed E-state index contributed by atoms with van der Waals surface area (Å²) in [5.41, 5.74) is 1.86. The predicted molar refractivity (Wildman–Crippen MR) is 117 cm³/mol. The Bertz CT molecular complexity index is 1030. The molecule has 8 heteroatoms. The van der Waals surface area contributed by atoms with Crippen LogP contribution in [0.25, 0.3) is 11.2 Å². The summed E-state index contributed by atoms with van der Waals surface area (Å²) in [6, 6.07) is 8.19. The van der Waals surface area contributed by atoms with Crippen molar-refractivity contribution in [2.75, 3.05) is 25.0 Å². The molecule has 3 heterocycles. The van der Waals surface area contributed by atoms with E-state index >= 15 is 0 Å². The van der Waals surface area contributed by atoms with Crippen molar-refractivity contribution < 1.29 is 0 Å². The van der Waals surface area contributed by atoms with Crippen LogP contribution in [0.3, 0.4) is 0 Å². The average Bonchev–Trinajstić information content (AvgIpc) is 3.03. The Balaban J connectivity index is 1.43. The maximum atomic E-state index is 12.4. The molecule has 1 aromatic carbocycles. The number of aromatic amines is 1. The van der Waals surface area contributed by atoms with Crippen LogP contribution in [0.15, 0.2) is 35.3 Å². The van der Waals surface area contributed by atoms with Crippen molar-refractivity contribution in [2.45, 2.75) is 45.2 Å². The average molecular weight is 415 g/mol. The topological polar surface area (TPSA) is 78.8 Å². The van der Waals surface area contributed by atoms with Crippen LogP contribution in [0.5, 0.6) is 0 Å². The number of nitrogens with zero attached hydrogens (tertiary/aromatic N) is 4. The maximum Gasteiger partial charge on any atom is 0.328 e. The van der Waals surface area contributed by atoms with E-state index in [0.29, 0.717) is 34.7 Å². The number of fused-ring (bicyclic) bond motifs is 1. The molecule has 0 radical (unpaired) electrons. The summed E-state index contributed by atoms with van der Waals surface area (Å²) in [5, 5.41) is 3.93. The monoisotopic (exact) mass is 414 g/mol. The zero-order valence-electron chi connectivity index (χ0n) is 16.7. The fourth-order valence-electron chi connectivity index (χ4n) is 3.95. The zero-order valence-corrected chi connectivity index (χ0v) is 17.5. The molecule has 1 fully saturated rings. The minimum Gasteiger partial charge on any atom is -0.354 e. The number of benzene rings is 1. The van der Waals surface area contributed by atoms with Crippen LogP contribution in [0.4, 0.5) is 5.95 Å². The SMILES string of the molecule is CC1CCCCN1CCCNc1ncc2[nH]c(=O)n(Cc3ccccc3Cl)c2n1. The second kappa shape index (κ2) is 8.97. The molecule has 154 valence electrons. The van der Waals surface area contributed by atoms with Crippen LogP contribution in [-0.4, -0.2) is 50.1 Å². The number of imidazole rings is 1. The second-order valence-electron chi connectivity index (χ2n) is 7.70. The van der Waals surface area contributed by atoms with Crippen LogP contribution >= 0.6 is 11.6 Å². The summed E-state index contributed by atoms with van der Waals surface area (Å²) >= 11 is 6.26. The predicted octanol–water partition coefficient (Wildman–Crippen LogP) is 3.50. The van der Waals surface area contributed by atoms with E-state index in [4.69, 9.17) is 11.6 Å². The molecule has 4 rings (SSSR count). The molecule has 0 aliphatic carbocycles. The largest absolute Gasteiger partial charge is 0.354 e. The van der Waals surface area contributed by atoms with Crippen LogP contribution < -0.4 is 11.0 Å². The Kier molecular flexibility index (Phi) is 6.16. The van der Waals surface area contributed by atoms with Gasteiger partial charge in [0, 0.05) is 24.2 Å². The number of aromatic nitrogens is 4. The highest BCUT2D eigenvalue weighted by Gasteiger charge is 2.17. The number of nitrogens with one attached hydrogen (secondary N) is 2. The van der Waals surface area contributed by atoms with Gasteiger partial charge in [0.25, 0.3) is 0 Å². The van der Waals surface area contributed by atoms with Gasteiger partial charge in [0.2, 0.25) is 5.95 Å². The molecule has 1 unspecified atom stereocenters. The standard InChI is InChI=1S/C21H27ClN6O/c1-15-7-4-5-11-27(15)12-6-10-23-20-24-13-18-19(26-20)28(21(29)25-18)14-16-8-2-3-9-17(16)22/h2-3,8-9,13,15H,4-7,10-12,14H2,1H3,(H,25,29)(H,23,24,26). The van der Waals surface area contributed by atoms with Gasteiger partial charge >= 0.3 is 5.69 Å². The minimum absolute atomic E-state index is 0.217. The van der Waals surface area contributed by atoms with Crippen LogP contribution in [0.2, 0.25) is 5.02 Å². The first-order chi connectivity index (χ1) is 14.1. The summed E-state index contributed by atoms with van der Waals surface area (Å²) in [6.45, 7) is 5.75. The third-order valence-corrected chi connectivity index (χ3v) is 6.01. The van der Waals surface area contributed by atoms with E-state index in [9.17, 15) is 4.79 Å². The normalized spacial score (nSPS) is 17.7. The van der Waals surface area contributed by atoms with Gasteiger partial charge in [0.15, 0.2) is 5.65 Å². The minimum atomic E-state index is -0.217. The fraction of sp³-hybridized carbons (Fsp3) is 0.476. The second-order valence-corrected chi connectivity index (χ2v) is 8.11. The van der Waals surface area contributed by atoms with E-state index in [2.05, 4.69) is 32.1 Å². The summed E-state index contributed by atoms with van der Waals surface area (Å²) in [6.07, 6.45) is 6.63. The van der Waals surface area contributed by atoms with E-state index in [1.807, 2.05) is 24.3 Å². The van der Waals surface area contributed by atoms with Gasteiger partial charge in [-0.3, -0.25) is 4.57 Å². The van der Waals surface area contributed by atoms with Gasteiger partial charge in [-0.1, -0.05) is 36.2 Å². The molecule has 1 aliphatic heterocycles. The lowest BCUT2D eigenvalue weighted by Gasteiger charge is -2.33. The highest BCUT2D eigenvalue weighted by atomic mass is 35.5. The van der Waals surface area contributed by atoms with E-state index in [1.165, 1.54) is 25.8 Å². The smallest absolute Gasteiger partial charge is 0.328 e. The number of hydrogen-bond acceptors (Lipinski definition) is 5. The molecule has 0 amide bonds. The molecule has 1 aliphatic rings. The van der Waals surface area contributed by atoms with Gasteiger partial charge in [-0.25, -0.2) is 9.78 Å². The summed E-state index contributed by atoms with van der Waals surface area (Å²) in [7, 11) is 0. The lowest BCUT2D eigenvalue weighted by molar-refractivity contribution is 0.160. The van der Waals surface area contributed by atoms with Crippen LogP contribution in [0.1, 0.15) is 38.2 Å². The molecule has 0 saturated carbocycles. The van der Waals surface area contributed by atoms with Gasteiger partial charge in [0.05, 0.1) is 12.7 Å². The molecular formula is C21H27ClN6O. The number of likely N-dealkylation sites (tertiary alicyclic amines) is 1. The lowest BCUT2D eigenvalue weighted by Crippen LogP contribution is -2.38. The van der Waals surface area contributed by atoms with E-state index in [-0.39, 0.29) is 5.69 Å². The quantitative estimate of drug-likeness (QED) is 0.578. The van der Waals surface area contributed by atoms with E-state index < -0.39 is 0 Å². The highest BCUT2D eigenvalue weighted by Crippen LogP contribution is 2.18. The third kappa shape index (κ3) is 4.62. The molecule has 7 nitrogen and oxygen atoms in total. The van der Waals surface area contributed by atoms with E-state index in [1.54, 1.807) is 10.8 Å². The third-order valence-electron chi connectivity index (χ3n) is 5.64. The van der Waals surface area contributed by atoms with Crippen molar-refractivity contribution >= 4 is 28.7 Å². The van der Waals surface area contributed by atoms with Gasteiger partial charge in [0.1, 0.15) is 5.52 Å². The molecular weight excluding hydrogens is 388 g/mol. The number of hydrogen-bond donors (Lipinski definition) is 2. The lowest BCUT2D eigenvalue weighted by atomic mass is 10.0. The first kappa shape index (κ1) is 19.9. The van der Waals surface area contributed by atoms with Crippen LogP contribution in [0, 0.1) is 0 Å². The molecule has 29 heavy (non-hydrogen) atoms. The Morgan fingerprint density at radius 2 is 2.17 bits per heavy atom. The number of H-pyrrole nitrogens is 1. The Labute approximate surface area is 175 Å². The fourth-order valence-corrected chi connectivity index (χ4v) is 4.14. The molecule has 1 atom stereocenters. The van der Waals surface area contributed by atoms with Crippen LogP contribution in [-0.2, 0) is 6.54 Å². The highest BCUT2D eigenvalue weighted by molar-refractivity contribution is 6.31. The molecule has 0 bridgehead atoms. The van der Waals surface area contributed by atoms with E-state index in [0.717, 1.165) is 25.1 Å². The van der Waals surface area contributed by atoms with Gasteiger partial charge < -0.3 is 15.2 Å². The van der Waals surface area contributed by atoms with Gasteiger partial charge in [-0.2, -0.15) is 4.98 Å². The Morgan fingerprint density at radius 3 is 3.00 bits per heavy atom. The van der Waals surface area contributed by atoms with Crippen molar-refractivity contribution in [3.8, 4) is 0 Å². The maximum absolute atomic E-state index is 12.4. The van der Waals surface area contributed by atoms with Crippen molar-refractivity contribution in [3.63, 3.8) is 0 Å². The number of anilines is 1. The molecule has 1 saturated heterocycles. The van der Waals surface area contributed by atoms with Crippen molar-refractivity contribution in [2.24, 2.45) is 0 Å². The Hall–Kier alpha value is -2.38. The zero-order chi connectivity index (χ0) is 20.2. The first-order valence-corrected chi connectivity index (χ1v) is 10.7. The van der Waals surface area contributed by atoms with Gasteiger partial charge in [-0.15, -0.1) is 0 Å². The number of halogens is 1. The molecule has 0 spiro atoms. The van der Waals surface area contributed by atoms with Gasteiger partial charge in [-0.05, 0) is 44.4 Å². The summed E-state index contributed by atoms with van der Waals surface area (Å²) in [5.74, 6) is 0.538. The molecule has 3 aromatic rings. The molecule has 2 N–H and O–H groups in total. The van der Waals surface area contributed by atoms with Crippen molar-refractivity contribution in [1.29, 1.82) is 0 Å². The first-order valence-electron chi connectivity index (χ1n) is 10.3. The summed E-state index contributed by atoms with van der Waals surface area (Å²) < 4.78 is 1.60. The number of piperidine rings is 1. The molecule has 2 aromatic heterocycles. The van der Waals surface area contributed by atoms with Crippen molar-refractivity contribution in [3.05, 3.63) is 51.5 Å². The number of rotatable bonds is 7. The Morgan fingerprint density at radius 1 is 1.31 bits per heavy atom.